The number of aliphatic hydroxyl groups is 1. The summed E-state index contributed by atoms with van der Waals surface area (Å²) in [6.07, 6.45) is -0.396. The molecule has 1 aliphatic heterocycles. The maximum atomic E-state index is 13.3. The summed E-state index contributed by atoms with van der Waals surface area (Å²) < 4.78 is 6.44. The van der Waals surface area contributed by atoms with E-state index in [0.717, 1.165) is 0 Å². The second-order valence-electron chi connectivity index (χ2n) is 10.1. The molecule has 0 bridgehead atoms. The first kappa shape index (κ1) is 28.8. The van der Waals surface area contributed by atoms with E-state index in [1.54, 1.807) is 42.0 Å². The minimum Gasteiger partial charge on any atom is -0.488 e. The van der Waals surface area contributed by atoms with Gasteiger partial charge in [0.05, 0.1) is 25.6 Å². The molecule has 1 heterocycles. The number of carbonyl (C=O) groups excluding carboxylic acids is 3. The van der Waals surface area contributed by atoms with Gasteiger partial charge < -0.3 is 35.6 Å². The topological polar surface area (TPSA) is 123 Å². The third kappa shape index (κ3) is 7.85. The molecule has 1 aliphatic rings. The van der Waals surface area contributed by atoms with Crippen LogP contribution in [0, 0.1) is 5.92 Å². The van der Waals surface area contributed by atoms with Gasteiger partial charge in [-0.1, -0.05) is 25.1 Å². The highest BCUT2D eigenvalue weighted by Gasteiger charge is 2.32. The van der Waals surface area contributed by atoms with E-state index < -0.39 is 6.10 Å². The van der Waals surface area contributed by atoms with Gasteiger partial charge in [-0.05, 0) is 51.1 Å². The van der Waals surface area contributed by atoms with Crippen LogP contribution in [0.3, 0.4) is 0 Å². The van der Waals surface area contributed by atoms with Crippen LogP contribution < -0.4 is 20.7 Å². The molecule has 5 amide bonds. The summed E-state index contributed by atoms with van der Waals surface area (Å²) in [7, 11) is 1.70. The average molecular weight is 526 g/mol. The lowest BCUT2D eigenvalue weighted by molar-refractivity contribution is -0.134. The summed E-state index contributed by atoms with van der Waals surface area (Å²) in [6.45, 7) is 7.95. The third-order valence-electron chi connectivity index (χ3n) is 6.42. The third-order valence-corrected chi connectivity index (χ3v) is 6.42. The first-order valence-corrected chi connectivity index (χ1v) is 12.9. The van der Waals surface area contributed by atoms with Crippen LogP contribution in [0.1, 0.15) is 33.3 Å². The number of ether oxygens (including phenoxy) is 1. The smallest absolute Gasteiger partial charge is 0.321 e. The van der Waals surface area contributed by atoms with Crippen molar-refractivity contribution in [2.24, 2.45) is 5.92 Å². The van der Waals surface area contributed by atoms with Gasteiger partial charge in [0.2, 0.25) is 5.91 Å². The maximum absolute atomic E-state index is 13.3. The maximum Gasteiger partial charge on any atom is 0.321 e. The van der Waals surface area contributed by atoms with Gasteiger partial charge in [0.1, 0.15) is 11.9 Å². The fourth-order valence-electron chi connectivity index (χ4n) is 4.25. The molecule has 4 N–H and O–H groups in total. The monoisotopic (exact) mass is 525 g/mol. The Bertz CT molecular complexity index is 1110. The zero-order chi connectivity index (χ0) is 27.8. The van der Waals surface area contributed by atoms with Gasteiger partial charge in [-0.3, -0.25) is 4.79 Å². The molecular weight excluding hydrogens is 486 g/mol. The van der Waals surface area contributed by atoms with Crippen molar-refractivity contribution in [3.05, 3.63) is 54.1 Å². The van der Waals surface area contributed by atoms with Crippen molar-refractivity contribution in [3.63, 3.8) is 0 Å². The number of hydrogen-bond acceptors (Lipinski definition) is 5. The number of carbonyl (C=O) groups is 3. The van der Waals surface area contributed by atoms with Crippen LogP contribution in [0.25, 0.3) is 0 Å². The summed E-state index contributed by atoms with van der Waals surface area (Å²) in [6, 6.07) is 13.4. The number of likely N-dealkylation sites (N-methyl/N-ethyl adjacent to an activating group) is 1. The number of fused-ring (bicyclic) bond motifs is 1. The van der Waals surface area contributed by atoms with Crippen LogP contribution in [-0.4, -0.2) is 77.8 Å². The molecule has 0 fully saturated rings. The Hall–Kier alpha value is -3.79. The van der Waals surface area contributed by atoms with Gasteiger partial charge in [-0.25, -0.2) is 9.59 Å². The lowest BCUT2D eigenvalue weighted by Crippen LogP contribution is -2.48. The zero-order valence-electron chi connectivity index (χ0n) is 22.7. The van der Waals surface area contributed by atoms with E-state index in [1.807, 2.05) is 51.1 Å². The van der Waals surface area contributed by atoms with Crippen molar-refractivity contribution in [2.75, 3.05) is 37.4 Å². The zero-order valence-corrected chi connectivity index (χ0v) is 22.7. The van der Waals surface area contributed by atoms with Gasteiger partial charge in [0, 0.05) is 42.5 Å². The van der Waals surface area contributed by atoms with Gasteiger partial charge in [0.25, 0.3) is 0 Å². The number of nitrogens with zero attached hydrogens (tertiary/aromatic N) is 2. The second-order valence-corrected chi connectivity index (χ2v) is 10.1. The van der Waals surface area contributed by atoms with Crippen LogP contribution in [0.2, 0.25) is 0 Å². The van der Waals surface area contributed by atoms with Crippen molar-refractivity contribution in [1.82, 2.24) is 15.1 Å². The molecule has 0 unspecified atom stereocenters. The molecule has 2 aromatic rings. The Morgan fingerprint density at radius 3 is 2.47 bits per heavy atom. The molecule has 0 spiro atoms. The Labute approximate surface area is 224 Å². The molecule has 38 heavy (non-hydrogen) atoms. The van der Waals surface area contributed by atoms with Crippen molar-refractivity contribution in [1.29, 1.82) is 0 Å². The van der Waals surface area contributed by atoms with Crippen LogP contribution in [-0.2, 0) is 11.2 Å². The standard InChI is InChI=1S/C28H39N5O5/c1-18(2)29-27(36)30-23-11-12-24-21(13-23)14-26(35)33(20(4)17-34)15-19(3)25(38-24)16-32(5)28(37)31-22-9-7-6-8-10-22/h6-13,18-20,25,34H,14-17H2,1-5H3,(H,31,37)(H2,29,30,36)/t19-,20+,25-/m1/s1. The molecule has 0 radical (unpaired) electrons. The number of amides is 5. The minimum absolute atomic E-state index is 0.0281. The number of rotatable bonds is 7. The lowest BCUT2D eigenvalue weighted by Gasteiger charge is -2.34. The van der Waals surface area contributed by atoms with Crippen molar-refractivity contribution >= 4 is 29.3 Å². The van der Waals surface area contributed by atoms with E-state index in [2.05, 4.69) is 16.0 Å². The van der Waals surface area contributed by atoms with Crippen molar-refractivity contribution in [2.45, 2.75) is 52.3 Å². The number of urea groups is 2. The van der Waals surface area contributed by atoms with E-state index in [1.165, 1.54) is 0 Å². The van der Waals surface area contributed by atoms with Crippen molar-refractivity contribution in [3.8, 4) is 5.75 Å². The Balaban J connectivity index is 1.87. The van der Waals surface area contributed by atoms with E-state index in [4.69, 9.17) is 4.74 Å². The molecule has 0 aromatic heterocycles. The van der Waals surface area contributed by atoms with E-state index in [0.29, 0.717) is 29.2 Å². The van der Waals surface area contributed by atoms with E-state index in [-0.39, 0.29) is 55.5 Å². The fourth-order valence-corrected chi connectivity index (χ4v) is 4.25. The van der Waals surface area contributed by atoms with Gasteiger partial charge in [0.15, 0.2) is 0 Å². The highest BCUT2D eigenvalue weighted by molar-refractivity contribution is 5.90. The van der Waals surface area contributed by atoms with Gasteiger partial charge in [-0.15, -0.1) is 0 Å². The first-order valence-electron chi connectivity index (χ1n) is 12.9. The number of benzene rings is 2. The molecule has 2 aromatic carbocycles. The molecule has 10 heteroatoms. The molecule has 10 nitrogen and oxygen atoms in total. The number of nitrogens with one attached hydrogen (secondary N) is 3. The van der Waals surface area contributed by atoms with Gasteiger partial charge >= 0.3 is 12.1 Å². The number of aliphatic hydroxyl groups excluding tert-OH is 1. The number of para-hydroxylation sites is 1. The quantitative estimate of drug-likeness (QED) is 0.440. The van der Waals surface area contributed by atoms with E-state index in [9.17, 15) is 19.5 Å². The lowest BCUT2D eigenvalue weighted by atomic mass is 10.0. The molecule has 3 rings (SSSR count). The highest BCUT2D eigenvalue weighted by atomic mass is 16.5. The normalized spacial score (nSPS) is 18.3. The Morgan fingerprint density at radius 2 is 1.82 bits per heavy atom. The summed E-state index contributed by atoms with van der Waals surface area (Å²) >= 11 is 0. The Morgan fingerprint density at radius 1 is 1.11 bits per heavy atom. The molecule has 0 aliphatic carbocycles. The van der Waals surface area contributed by atoms with Crippen LogP contribution >= 0.6 is 0 Å². The van der Waals surface area contributed by atoms with Crippen molar-refractivity contribution < 1.29 is 24.2 Å². The fraction of sp³-hybridized carbons (Fsp3) is 0.464. The second kappa shape index (κ2) is 13.1. The van der Waals surface area contributed by atoms with Crippen LogP contribution in [0.4, 0.5) is 21.0 Å². The highest BCUT2D eigenvalue weighted by Crippen LogP contribution is 2.29. The average Bonchev–Trinajstić information content (AvgIpc) is 2.91. The van der Waals surface area contributed by atoms with Crippen LogP contribution in [0.5, 0.6) is 5.75 Å². The Kier molecular flexibility index (Phi) is 9.95. The summed E-state index contributed by atoms with van der Waals surface area (Å²) in [5, 5.41) is 18.3. The SMILES string of the molecule is CC(C)NC(=O)Nc1ccc2c(c1)CC(=O)N([C@@H](C)CO)C[C@@H](C)[C@@H](CN(C)C(=O)Nc1ccccc1)O2. The van der Waals surface area contributed by atoms with E-state index >= 15 is 0 Å². The number of hydrogen-bond donors (Lipinski definition) is 4. The first-order chi connectivity index (χ1) is 18.1. The largest absolute Gasteiger partial charge is 0.488 e. The van der Waals surface area contributed by atoms with Crippen LogP contribution in [0.15, 0.2) is 48.5 Å². The molecule has 206 valence electrons. The summed E-state index contributed by atoms with van der Waals surface area (Å²) in [5.41, 5.74) is 1.83. The molecule has 0 saturated carbocycles. The summed E-state index contributed by atoms with van der Waals surface area (Å²) in [4.78, 5) is 41.6. The predicted octanol–water partition coefficient (Wildman–Crippen LogP) is 3.53. The predicted molar refractivity (Wildman–Crippen MR) is 147 cm³/mol. The molecular formula is C28H39N5O5. The molecule has 0 saturated heterocycles. The molecule has 3 atom stereocenters. The number of anilines is 2. The van der Waals surface area contributed by atoms with Gasteiger partial charge in [-0.2, -0.15) is 0 Å². The summed E-state index contributed by atoms with van der Waals surface area (Å²) in [5.74, 6) is 0.212. The minimum atomic E-state index is -0.442.